The lowest BCUT2D eigenvalue weighted by molar-refractivity contribution is -0.118. The maximum Gasteiger partial charge on any atom is 0.272 e. The Hall–Kier alpha value is -2.09. The van der Waals surface area contributed by atoms with E-state index in [0.29, 0.717) is 10.1 Å². The molecule has 19 heavy (non-hydrogen) atoms. The summed E-state index contributed by atoms with van der Waals surface area (Å²) in [5.74, 6) is -0.621. The van der Waals surface area contributed by atoms with Crippen molar-refractivity contribution < 1.29 is 15.1 Å². The van der Waals surface area contributed by atoms with Crippen molar-refractivity contribution in [2.75, 3.05) is 23.3 Å². The monoisotopic (exact) mass is 264 g/mol. The number of anilines is 2. The number of hydrogen-bond acceptors (Lipinski definition) is 6. The normalized spacial score (nSPS) is 14.5. The summed E-state index contributed by atoms with van der Waals surface area (Å²) < 4.78 is 0. The van der Waals surface area contributed by atoms with Crippen molar-refractivity contribution >= 4 is 17.3 Å². The van der Waals surface area contributed by atoms with E-state index in [4.69, 9.17) is 5.11 Å². The van der Waals surface area contributed by atoms with Crippen molar-refractivity contribution in [3.8, 4) is 0 Å². The summed E-state index contributed by atoms with van der Waals surface area (Å²) in [4.78, 5) is 11.9. The molecule has 0 atom stereocenters. The molecule has 1 aliphatic heterocycles. The SMILES string of the molecule is CC1=C(C(=O)NCCO)N(O)c2ccccc2N1[O-]. The summed E-state index contributed by atoms with van der Waals surface area (Å²) in [5, 5.41) is 34.5. The van der Waals surface area contributed by atoms with E-state index in [9.17, 15) is 15.2 Å². The fourth-order valence-electron chi connectivity index (χ4n) is 1.88. The standard InChI is InChI=1S/C12H14N3O4/c1-8-11(12(17)13-6-7-16)15(19)10-5-3-2-4-9(10)14(8)18/h2-5,16,19H,6-7H2,1H3,(H,13,17)/q-1. The number of benzene rings is 1. The third kappa shape index (κ3) is 2.26. The molecule has 7 nitrogen and oxygen atoms in total. The molecule has 0 saturated carbocycles. The van der Waals surface area contributed by atoms with Gasteiger partial charge in [-0.3, -0.25) is 10.0 Å². The second-order valence-corrected chi connectivity index (χ2v) is 4.01. The molecule has 2 rings (SSSR count). The average molecular weight is 264 g/mol. The van der Waals surface area contributed by atoms with Gasteiger partial charge in [0.25, 0.3) is 5.91 Å². The van der Waals surface area contributed by atoms with Crippen LogP contribution in [-0.4, -0.2) is 29.4 Å². The van der Waals surface area contributed by atoms with Crippen LogP contribution in [-0.2, 0) is 4.79 Å². The highest BCUT2D eigenvalue weighted by molar-refractivity contribution is 6.00. The van der Waals surface area contributed by atoms with E-state index in [0.717, 1.165) is 0 Å². The molecule has 1 aliphatic rings. The van der Waals surface area contributed by atoms with Crippen LogP contribution < -0.4 is 15.4 Å². The number of fused-ring (bicyclic) bond motifs is 1. The van der Waals surface area contributed by atoms with E-state index in [2.05, 4.69) is 5.32 Å². The lowest BCUT2D eigenvalue weighted by atomic mass is 10.1. The molecule has 102 valence electrons. The van der Waals surface area contributed by atoms with Crippen LogP contribution in [0.4, 0.5) is 11.4 Å². The Labute approximate surface area is 109 Å². The molecule has 0 aliphatic carbocycles. The third-order valence-corrected chi connectivity index (χ3v) is 2.80. The van der Waals surface area contributed by atoms with Crippen molar-refractivity contribution in [3.05, 3.63) is 40.9 Å². The van der Waals surface area contributed by atoms with Crippen LogP contribution in [0.5, 0.6) is 0 Å². The highest BCUT2D eigenvalue weighted by atomic mass is 16.5. The van der Waals surface area contributed by atoms with Gasteiger partial charge < -0.3 is 20.7 Å². The number of rotatable bonds is 3. The van der Waals surface area contributed by atoms with E-state index < -0.39 is 5.91 Å². The summed E-state index contributed by atoms with van der Waals surface area (Å²) in [6, 6.07) is 6.41. The summed E-state index contributed by atoms with van der Waals surface area (Å²) in [6.07, 6.45) is 0. The van der Waals surface area contributed by atoms with Crippen LogP contribution in [0.25, 0.3) is 0 Å². The summed E-state index contributed by atoms with van der Waals surface area (Å²) in [5.41, 5.74) is 0.428. The van der Waals surface area contributed by atoms with Crippen LogP contribution in [0.2, 0.25) is 0 Å². The van der Waals surface area contributed by atoms with Gasteiger partial charge in [0.15, 0.2) is 5.70 Å². The quantitative estimate of drug-likeness (QED) is 0.737. The van der Waals surface area contributed by atoms with Gasteiger partial charge in [-0.05, 0) is 19.1 Å². The number of para-hydroxylation sites is 2. The zero-order valence-electron chi connectivity index (χ0n) is 10.3. The van der Waals surface area contributed by atoms with Gasteiger partial charge in [0.05, 0.1) is 18.0 Å². The van der Waals surface area contributed by atoms with E-state index in [1.165, 1.54) is 13.0 Å². The largest absolute Gasteiger partial charge is 0.754 e. The van der Waals surface area contributed by atoms with Crippen molar-refractivity contribution in [3.63, 3.8) is 0 Å². The van der Waals surface area contributed by atoms with Crippen LogP contribution in [0.3, 0.4) is 0 Å². The van der Waals surface area contributed by atoms with Crippen LogP contribution in [0.15, 0.2) is 35.7 Å². The molecule has 0 spiro atoms. The fourth-order valence-corrected chi connectivity index (χ4v) is 1.88. The first-order valence-electron chi connectivity index (χ1n) is 5.73. The molecule has 1 heterocycles. The molecule has 0 bridgehead atoms. The zero-order chi connectivity index (χ0) is 14.0. The van der Waals surface area contributed by atoms with Gasteiger partial charge in [-0.1, -0.05) is 12.1 Å². The Morgan fingerprint density at radius 1 is 1.37 bits per heavy atom. The number of aliphatic hydroxyl groups excluding tert-OH is 1. The van der Waals surface area contributed by atoms with Gasteiger partial charge in [0.2, 0.25) is 0 Å². The number of hydroxylamine groups is 2. The zero-order valence-corrected chi connectivity index (χ0v) is 10.3. The van der Waals surface area contributed by atoms with Crippen LogP contribution in [0.1, 0.15) is 6.92 Å². The smallest absolute Gasteiger partial charge is 0.272 e. The van der Waals surface area contributed by atoms with E-state index in [1.54, 1.807) is 18.2 Å². The van der Waals surface area contributed by atoms with Crippen molar-refractivity contribution in [2.24, 2.45) is 0 Å². The highest BCUT2D eigenvalue weighted by Crippen LogP contribution is 2.37. The van der Waals surface area contributed by atoms with Crippen molar-refractivity contribution in [1.82, 2.24) is 5.32 Å². The number of nitrogens with one attached hydrogen (secondary N) is 1. The number of nitrogens with zero attached hydrogens (tertiary/aromatic N) is 2. The van der Waals surface area contributed by atoms with Gasteiger partial charge in [-0.2, -0.15) is 0 Å². The van der Waals surface area contributed by atoms with Crippen molar-refractivity contribution in [2.45, 2.75) is 6.92 Å². The summed E-state index contributed by atoms with van der Waals surface area (Å²) in [7, 11) is 0. The molecule has 0 aromatic heterocycles. The number of carbonyl (C=O) groups excluding carboxylic acids is 1. The molecule has 0 fully saturated rings. The molecule has 0 radical (unpaired) electrons. The predicted molar refractivity (Wildman–Crippen MR) is 69.3 cm³/mol. The minimum atomic E-state index is -0.621. The maximum atomic E-state index is 12.0. The lowest BCUT2D eigenvalue weighted by Gasteiger charge is -2.41. The number of amides is 1. The first kappa shape index (κ1) is 13.3. The Kier molecular flexibility index (Phi) is 3.70. The van der Waals surface area contributed by atoms with E-state index >= 15 is 0 Å². The fraction of sp³-hybridized carbons (Fsp3) is 0.250. The molecular weight excluding hydrogens is 250 g/mol. The minimum Gasteiger partial charge on any atom is -0.754 e. The van der Waals surface area contributed by atoms with Gasteiger partial charge in [-0.25, -0.2) is 5.06 Å². The van der Waals surface area contributed by atoms with Crippen LogP contribution >= 0.6 is 0 Å². The molecular formula is C12H14N3O4-. The van der Waals surface area contributed by atoms with E-state index in [-0.39, 0.29) is 35.9 Å². The first-order valence-corrected chi connectivity index (χ1v) is 5.73. The number of carbonyl (C=O) groups is 1. The number of hydrogen-bond donors (Lipinski definition) is 3. The summed E-state index contributed by atoms with van der Waals surface area (Å²) >= 11 is 0. The molecule has 3 N–H and O–H groups in total. The average Bonchev–Trinajstić information content (AvgIpc) is 2.43. The van der Waals surface area contributed by atoms with Gasteiger partial charge >= 0.3 is 0 Å². The Balaban J connectivity index is 2.39. The van der Waals surface area contributed by atoms with Crippen molar-refractivity contribution in [1.29, 1.82) is 0 Å². The molecule has 0 unspecified atom stereocenters. The minimum absolute atomic E-state index is 0.0456. The Morgan fingerprint density at radius 2 is 2.00 bits per heavy atom. The maximum absolute atomic E-state index is 12.0. The second-order valence-electron chi connectivity index (χ2n) is 4.01. The van der Waals surface area contributed by atoms with Gasteiger partial charge in [0, 0.05) is 12.2 Å². The Morgan fingerprint density at radius 3 is 2.63 bits per heavy atom. The van der Waals surface area contributed by atoms with E-state index in [1.807, 2.05) is 0 Å². The third-order valence-electron chi connectivity index (χ3n) is 2.80. The number of aliphatic hydroxyl groups is 1. The molecule has 1 amide bonds. The van der Waals surface area contributed by atoms with Gasteiger partial charge in [0.1, 0.15) is 0 Å². The molecule has 7 heteroatoms. The number of allylic oxidation sites excluding steroid dienone is 1. The summed E-state index contributed by atoms with van der Waals surface area (Å²) in [6.45, 7) is 1.27. The van der Waals surface area contributed by atoms with Crippen LogP contribution in [0, 0.1) is 5.21 Å². The predicted octanol–water partition coefficient (Wildman–Crippen LogP) is 0.540. The second kappa shape index (κ2) is 5.27. The topological polar surface area (TPSA) is 99.1 Å². The molecule has 1 aromatic rings. The lowest BCUT2D eigenvalue weighted by Crippen LogP contribution is -2.40. The van der Waals surface area contributed by atoms with Gasteiger partial charge in [-0.15, -0.1) is 0 Å². The first-order chi connectivity index (χ1) is 9.07. The highest BCUT2D eigenvalue weighted by Gasteiger charge is 2.28. The molecule has 0 saturated heterocycles. The molecule has 1 aromatic carbocycles. The Bertz CT molecular complexity index is 529.